The van der Waals surface area contributed by atoms with Gasteiger partial charge < -0.3 is 11.1 Å². The zero-order valence-corrected chi connectivity index (χ0v) is 9.11. The minimum absolute atomic E-state index is 0.0328. The van der Waals surface area contributed by atoms with Gasteiger partial charge in [-0.1, -0.05) is 13.8 Å². The van der Waals surface area contributed by atoms with Gasteiger partial charge in [-0.05, 0) is 5.92 Å². The minimum atomic E-state index is -0.699. The molecule has 7 nitrogen and oxygen atoms in total. The molecule has 0 radical (unpaired) electrons. The number of nitrogen functional groups attached to an aromatic ring is 1. The van der Waals surface area contributed by atoms with Crippen LogP contribution in [-0.4, -0.2) is 16.0 Å². The first-order valence-corrected chi connectivity index (χ1v) is 4.80. The molecule has 88 valence electrons. The summed E-state index contributed by atoms with van der Waals surface area (Å²) < 4.78 is 1.22. The van der Waals surface area contributed by atoms with Gasteiger partial charge in [0, 0.05) is 6.54 Å². The van der Waals surface area contributed by atoms with Crippen LogP contribution in [-0.2, 0) is 11.3 Å². The van der Waals surface area contributed by atoms with Gasteiger partial charge in [-0.3, -0.25) is 19.1 Å². The topological polar surface area (TPSA) is 110 Å². The van der Waals surface area contributed by atoms with E-state index in [1.165, 1.54) is 4.57 Å². The predicted octanol–water partition coefficient (Wildman–Crippen LogP) is -0.657. The van der Waals surface area contributed by atoms with Crippen molar-refractivity contribution in [1.82, 2.24) is 9.55 Å². The van der Waals surface area contributed by atoms with Crippen LogP contribution in [0.5, 0.6) is 0 Å². The van der Waals surface area contributed by atoms with Crippen LogP contribution in [0.2, 0.25) is 0 Å². The molecule has 0 fully saturated rings. The van der Waals surface area contributed by atoms with Crippen LogP contribution >= 0.6 is 0 Å². The van der Waals surface area contributed by atoms with Gasteiger partial charge in [0.1, 0.15) is 11.5 Å². The van der Waals surface area contributed by atoms with E-state index in [0.717, 1.165) is 0 Å². The van der Waals surface area contributed by atoms with E-state index >= 15 is 0 Å². The van der Waals surface area contributed by atoms with Gasteiger partial charge in [-0.15, -0.1) is 0 Å². The van der Waals surface area contributed by atoms with Crippen molar-refractivity contribution in [3.05, 3.63) is 20.8 Å². The van der Waals surface area contributed by atoms with Gasteiger partial charge in [-0.25, -0.2) is 4.79 Å². The number of hydrogen-bond acceptors (Lipinski definition) is 4. The second-order valence-electron chi connectivity index (χ2n) is 3.79. The van der Waals surface area contributed by atoms with Crippen LogP contribution in [0, 0.1) is 5.92 Å². The van der Waals surface area contributed by atoms with Crippen LogP contribution < -0.4 is 22.3 Å². The molecule has 0 bridgehead atoms. The molecule has 1 aromatic rings. The fourth-order valence-corrected chi connectivity index (χ4v) is 1.33. The van der Waals surface area contributed by atoms with Crippen LogP contribution in [0.25, 0.3) is 0 Å². The van der Waals surface area contributed by atoms with Crippen molar-refractivity contribution >= 4 is 17.9 Å². The van der Waals surface area contributed by atoms with Crippen molar-refractivity contribution in [1.29, 1.82) is 0 Å². The van der Waals surface area contributed by atoms with Crippen molar-refractivity contribution < 1.29 is 4.79 Å². The fourth-order valence-electron chi connectivity index (χ4n) is 1.33. The van der Waals surface area contributed by atoms with Gasteiger partial charge in [0.2, 0.25) is 6.41 Å². The van der Waals surface area contributed by atoms with Gasteiger partial charge in [0.15, 0.2) is 0 Å². The lowest BCUT2D eigenvalue weighted by Gasteiger charge is -2.13. The molecular weight excluding hydrogens is 212 g/mol. The summed E-state index contributed by atoms with van der Waals surface area (Å²) in [6, 6.07) is 0. The molecule has 0 saturated carbocycles. The minimum Gasteiger partial charge on any atom is -0.383 e. The highest BCUT2D eigenvalue weighted by Gasteiger charge is 2.12. The Labute approximate surface area is 91.3 Å². The van der Waals surface area contributed by atoms with Crippen molar-refractivity contribution in [2.24, 2.45) is 5.92 Å². The number of hydrogen-bond donors (Lipinski definition) is 3. The van der Waals surface area contributed by atoms with Crippen molar-refractivity contribution in [2.75, 3.05) is 11.1 Å². The Bertz CT molecular complexity index is 500. The quantitative estimate of drug-likeness (QED) is 0.592. The second-order valence-corrected chi connectivity index (χ2v) is 3.79. The zero-order valence-electron chi connectivity index (χ0n) is 9.11. The number of nitrogens with two attached hydrogens (primary N) is 1. The molecule has 0 saturated heterocycles. The van der Waals surface area contributed by atoms with Crippen LogP contribution in [0.3, 0.4) is 0 Å². The lowest BCUT2D eigenvalue weighted by Crippen LogP contribution is -2.34. The number of amides is 1. The maximum Gasteiger partial charge on any atom is 0.330 e. The molecule has 0 aliphatic heterocycles. The number of anilines is 2. The van der Waals surface area contributed by atoms with E-state index in [9.17, 15) is 14.4 Å². The van der Waals surface area contributed by atoms with Crippen LogP contribution in [0.1, 0.15) is 13.8 Å². The molecule has 0 unspecified atom stereocenters. The van der Waals surface area contributed by atoms with Gasteiger partial charge in [-0.2, -0.15) is 0 Å². The summed E-state index contributed by atoms with van der Waals surface area (Å²) >= 11 is 0. The highest BCUT2D eigenvalue weighted by atomic mass is 16.2. The summed E-state index contributed by atoms with van der Waals surface area (Å²) in [5, 5.41) is 2.18. The Hall–Kier alpha value is -2.05. The van der Waals surface area contributed by atoms with E-state index in [-0.39, 0.29) is 17.4 Å². The Kier molecular flexibility index (Phi) is 3.49. The standard InChI is InChI=1S/C9H14N4O3/c1-5(2)3-13-7(10)6(11-4-14)8(15)12-9(13)16/h4-5H,3,10H2,1-2H3,(H,11,14)(H,12,15,16). The van der Waals surface area contributed by atoms with Gasteiger partial charge in [0.05, 0.1) is 0 Å². The number of nitrogens with zero attached hydrogens (tertiary/aromatic N) is 1. The third-order valence-electron chi connectivity index (χ3n) is 1.99. The number of H-pyrrole nitrogens is 1. The Morgan fingerprint density at radius 1 is 1.50 bits per heavy atom. The maximum absolute atomic E-state index is 11.5. The van der Waals surface area contributed by atoms with E-state index in [1.807, 2.05) is 13.8 Å². The third kappa shape index (κ3) is 2.30. The molecule has 1 amide bonds. The van der Waals surface area contributed by atoms with Crippen molar-refractivity contribution in [3.63, 3.8) is 0 Å². The first-order valence-electron chi connectivity index (χ1n) is 4.80. The first kappa shape index (κ1) is 12.0. The Balaban J connectivity index is 3.38. The molecular formula is C9H14N4O3. The molecule has 0 atom stereocenters. The molecule has 16 heavy (non-hydrogen) atoms. The molecule has 0 spiro atoms. The lowest BCUT2D eigenvalue weighted by molar-refractivity contribution is -0.105. The summed E-state index contributed by atoms with van der Waals surface area (Å²) in [7, 11) is 0. The number of nitrogens with one attached hydrogen (secondary N) is 2. The highest BCUT2D eigenvalue weighted by Crippen LogP contribution is 2.10. The monoisotopic (exact) mass is 226 g/mol. The van der Waals surface area contributed by atoms with Crippen LogP contribution in [0.4, 0.5) is 11.5 Å². The SMILES string of the molecule is CC(C)Cn1c(N)c(NC=O)c(=O)[nH]c1=O. The van der Waals surface area contributed by atoms with E-state index in [0.29, 0.717) is 13.0 Å². The third-order valence-corrected chi connectivity index (χ3v) is 1.99. The average Bonchev–Trinajstić information content (AvgIpc) is 2.19. The van der Waals surface area contributed by atoms with E-state index < -0.39 is 11.2 Å². The molecule has 0 aliphatic carbocycles. The molecule has 4 N–H and O–H groups in total. The second kappa shape index (κ2) is 4.65. The van der Waals surface area contributed by atoms with Gasteiger partial charge >= 0.3 is 5.69 Å². The summed E-state index contributed by atoms with van der Waals surface area (Å²) in [6.07, 6.45) is 0.338. The molecule has 7 heteroatoms. The predicted molar refractivity (Wildman–Crippen MR) is 60.3 cm³/mol. The van der Waals surface area contributed by atoms with E-state index in [1.54, 1.807) is 0 Å². The number of carbonyl (C=O) groups is 1. The first-order chi connectivity index (χ1) is 7.47. The summed E-state index contributed by atoms with van der Waals surface area (Å²) in [5.41, 5.74) is 4.26. The van der Waals surface area contributed by atoms with E-state index in [4.69, 9.17) is 5.73 Å². The molecule has 1 rings (SSSR count). The average molecular weight is 226 g/mol. The highest BCUT2D eigenvalue weighted by molar-refractivity contribution is 5.77. The van der Waals surface area contributed by atoms with Gasteiger partial charge in [0.25, 0.3) is 5.56 Å². The zero-order chi connectivity index (χ0) is 12.3. The number of aromatic nitrogens is 2. The summed E-state index contributed by atoms with van der Waals surface area (Å²) in [5.74, 6) is 0.157. The number of aromatic amines is 1. The summed E-state index contributed by atoms with van der Waals surface area (Å²) in [6.45, 7) is 4.18. The fraction of sp³-hybridized carbons (Fsp3) is 0.444. The van der Waals surface area contributed by atoms with Crippen LogP contribution in [0.15, 0.2) is 9.59 Å². The maximum atomic E-state index is 11.5. The molecule has 0 aromatic carbocycles. The Morgan fingerprint density at radius 3 is 2.62 bits per heavy atom. The number of rotatable bonds is 4. The number of carbonyl (C=O) groups excluding carboxylic acids is 1. The normalized spacial score (nSPS) is 10.4. The Morgan fingerprint density at radius 2 is 2.12 bits per heavy atom. The smallest absolute Gasteiger partial charge is 0.330 e. The van der Waals surface area contributed by atoms with E-state index in [2.05, 4.69) is 10.3 Å². The lowest BCUT2D eigenvalue weighted by atomic mass is 10.2. The van der Waals surface area contributed by atoms with Crippen molar-refractivity contribution in [3.8, 4) is 0 Å². The summed E-state index contributed by atoms with van der Waals surface area (Å²) in [4.78, 5) is 35.2. The van der Waals surface area contributed by atoms with Crippen molar-refractivity contribution in [2.45, 2.75) is 20.4 Å². The molecule has 1 aromatic heterocycles. The molecule has 0 aliphatic rings. The molecule has 1 heterocycles. The largest absolute Gasteiger partial charge is 0.383 e.